The lowest BCUT2D eigenvalue weighted by atomic mass is 9.93. The van der Waals surface area contributed by atoms with Gasteiger partial charge in [-0.05, 0) is 25.0 Å². The maximum atomic E-state index is 12.4. The molecule has 2 fully saturated rings. The summed E-state index contributed by atoms with van der Waals surface area (Å²) in [6, 6.07) is 0. The van der Waals surface area contributed by atoms with Crippen LogP contribution in [-0.4, -0.2) is 49.5 Å². The number of carbonyl (C=O) groups is 1. The molecule has 0 bridgehead atoms. The van der Waals surface area contributed by atoms with Crippen molar-refractivity contribution < 1.29 is 18.8 Å². The third-order valence-electron chi connectivity index (χ3n) is 3.70. The average Bonchev–Trinajstić information content (AvgIpc) is 2.75. The van der Waals surface area contributed by atoms with E-state index in [1.165, 1.54) is 0 Å². The summed E-state index contributed by atoms with van der Waals surface area (Å²) >= 11 is 1.89. The summed E-state index contributed by atoms with van der Waals surface area (Å²) in [6.07, 6.45) is 2.66. The number of hydrogen-bond donors (Lipinski definition) is 1. The first-order valence-corrected chi connectivity index (χ1v) is 8.78. The van der Waals surface area contributed by atoms with Gasteiger partial charge in [-0.25, -0.2) is 0 Å². The Morgan fingerprint density at radius 1 is 1.67 bits per heavy atom. The van der Waals surface area contributed by atoms with Crippen LogP contribution < -0.4 is 0 Å². The second-order valence-corrected chi connectivity index (χ2v) is 8.42. The fourth-order valence-corrected chi connectivity index (χ4v) is 5.84. The third kappa shape index (κ3) is 3.27. The first-order valence-electron chi connectivity index (χ1n) is 6.35. The zero-order chi connectivity index (χ0) is 13.2. The van der Waals surface area contributed by atoms with Crippen LogP contribution in [-0.2, 0) is 20.3 Å². The number of hydrogen-bond acceptors (Lipinski definition) is 4. The molecule has 0 aromatic heterocycles. The van der Waals surface area contributed by atoms with Crippen LogP contribution in [0.4, 0.5) is 0 Å². The largest absolute Gasteiger partial charge is 0.481 e. The SMILES string of the molecule is CC(CC(=O)O)S(=O)C1CCOC2(CCSC2)C1. The highest BCUT2D eigenvalue weighted by Crippen LogP contribution is 2.40. The lowest BCUT2D eigenvalue weighted by Gasteiger charge is -2.38. The molecule has 0 aromatic rings. The molecule has 0 saturated carbocycles. The van der Waals surface area contributed by atoms with Gasteiger partial charge in [0.1, 0.15) is 0 Å². The van der Waals surface area contributed by atoms with E-state index in [4.69, 9.17) is 9.84 Å². The van der Waals surface area contributed by atoms with Gasteiger partial charge in [-0.3, -0.25) is 9.00 Å². The maximum absolute atomic E-state index is 12.4. The normalized spacial score (nSPS) is 35.5. The predicted octanol–water partition coefficient (Wildman–Crippen LogP) is 1.65. The molecule has 18 heavy (non-hydrogen) atoms. The smallest absolute Gasteiger partial charge is 0.304 e. The van der Waals surface area contributed by atoms with Crippen LogP contribution in [0, 0.1) is 0 Å². The van der Waals surface area contributed by atoms with Crippen LogP contribution in [0.15, 0.2) is 0 Å². The van der Waals surface area contributed by atoms with E-state index in [1.807, 2.05) is 11.8 Å². The molecule has 4 nitrogen and oxygen atoms in total. The van der Waals surface area contributed by atoms with E-state index in [9.17, 15) is 9.00 Å². The number of rotatable bonds is 4. The molecule has 0 aliphatic carbocycles. The zero-order valence-corrected chi connectivity index (χ0v) is 12.2. The minimum Gasteiger partial charge on any atom is -0.481 e. The lowest BCUT2D eigenvalue weighted by Crippen LogP contribution is -2.44. The first kappa shape index (κ1) is 14.3. The molecule has 0 aromatic carbocycles. The minimum atomic E-state index is -1.06. The Bertz CT molecular complexity index is 339. The summed E-state index contributed by atoms with van der Waals surface area (Å²) in [5, 5.41) is 8.61. The highest BCUT2D eigenvalue weighted by Gasteiger charge is 2.42. The summed E-state index contributed by atoms with van der Waals surface area (Å²) in [6.45, 7) is 2.44. The summed E-state index contributed by atoms with van der Waals surface area (Å²) in [5.74, 6) is 1.24. The summed E-state index contributed by atoms with van der Waals surface area (Å²) in [4.78, 5) is 10.7. The fourth-order valence-electron chi connectivity index (χ4n) is 2.70. The van der Waals surface area contributed by atoms with Crippen molar-refractivity contribution in [2.24, 2.45) is 0 Å². The predicted molar refractivity (Wildman–Crippen MR) is 73.5 cm³/mol. The van der Waals surface area contributed by atoms with Crippen LogP contribution in [0.25, 0.3) is 0 Å². The third-order valence-corrected chi connectivity index (χ3v) is 6.94. The van der Waals surface area contributed by atoms with Crippen LogP contribution in [0.2, 0.25) is 0 Å². The van der Waals surface area contributed by atoms with E-state index in [2.05, 4.69) is 0 Å². The van der Waals surface area contributed by atoms with Gasteiger partial charge < -0.3 is 9.84 Å². The molecule has 1 spiro atoms. The lowest BCUT2D eigenvalue weighted by molar-refractivity contribution is -0.136. The molecule has 4 unspecified atom stereocenters. The van der Waals surface area contributed by atoms with E-state index in [1.54, 1.807) is 6.92 Å². The van der Waals surface area contributed by atoms with E-state index in [-0.39, 0.29) is 22.5 Å². The molecule has 2 saturated heterocycles. The van der Waals surface area contributed by atoms with E-state index in [0.29, 0.717) is 6.61 Å². The zero-order valence-electron chi connectivity index (χ0n) is 10.6. The quantitative estimate of drug-likeness (QED) is 0.853. The maximum Gasteiger partial charge on any atom is 0.304 e. The average molecular weight is 292 g/mol. The Morgan fingerprint density at radius 2 is 2.44 bits per heavy atom. The summed E-state index contributed by atoms with van der Waals surface area (Å²) in [7, 11) is -1.06. The Kier molecular flexibility index (Phi) is 4.72. The standard InChI is InChI=1S/C12H20O4S2/c1-9(6-11(13)14)18(15)10-2-4-16-12(7-10)3-5-17-8-12/h9-10H,2-8H2,1H3,(H,13,14). The number of carboxylic acids is 1. The molecular weight excluding hydrogens is 272 g/mol. The van der Waals surface area contributed by atoms with Crippen molar-refractivity contribution >= 4 is 28.5 Å². The van der Waals surface area contributed by atoms with Crippen LogP contribution in [0.3, 0.4) is 0 Å². The van der Waals surface area contributed by atoms with Gasteiger partial charge in [-0.2, -0.15) is 11.8 Å². The van der Waals surface area contributed by atoms with Crippen molar-refractivity contribution in [3.63, 3.8) is 0 Å². The molecule has 1 N–H and O–H groups in total. The molecular formula is C12H20O4S2. The molecule has 0 amide bonds. The van der Waals surface area contributed by atoms with Gasteiger partial charge >= 0.3 is 5.97 Å². The molecule has 2 aliphatic rings. The first-order chi connectivity index (χ1) is 8.52. The number of aliphatic carboxylic acids is 1. The molecule has 104 valence electrons. The number of carboxylic acid groups (broad SMARTS) is 1. The summed E-state index contributed by atoms with van der Waals surface area (Å²) in [5.41, 5.74) is -0.0772. The Balaban J connectivity index is 1.95. The second kappa shape index (κ2) is 5.92. The van der Waals surface area contributed by atoms with Crippen LogP contribution in [0.1, 0.15) is 32.6 Å². The van der Waals surface area contributed by atoms with Crippen LogP contribution in [0.5, 0.6) is 0 Å². The molecule has 0 radical (unpaired) electrons. The molecule has 2 heterocycles. The molecule has 6 heteroatoms. The van der Waals surface area contributed by atoms with E-state index < -0.39 is 16.8 Å². The van der Waals surface area contributed by atoms with Crippen molar-refractivity contribution in [2.75, 3.05) is 18.1 Å². The Hall–Kier alpha value is -0.0700. The Labute approximate surface area is 114 Å². The van der Waals surface area contributed by atoms with E-state index in [0.717, 1.165) is 30.8 Å². The topological polar surface area (TPSA) is 63.6 Å². The summed E-state index contributed by atoms with van der Waals surface area (Å²) < 4.78 is 18.3. The van der Waals surface area contributed by atoms with Gasteiger partial charge in [-0.1, -0.05) is 6.92 Å². The van der Waals surface area contributed by atoms with Gasteiger partial charge in [0, 0.05) is 33.7 Å². The van der Waals surface area contributed by atoms with Gasteiger partial charge in [0.15, 0.2) is 0 Å². The second-order valence-electron chi connectivity index (χ2n) is 5.19. The van der Waals surface area contributed by atoms with E-state index >= 15 is 0 Å². The van der Waals surface area contributed by atoms with Gasteiger partial charge in [0.2, 0.25) is 0 Å². The van der Waals surface area contributed by atoms with Crippen molar-refractivity contribution in [3.05, 3.63) is 0 Å². The van der Waals surface area contributed by atoms with Gasteiger partial charge in [0.05, 0.1) is 12.0 Å². The molecule has 4 atom stereocenters. The van der Waals surface area contributed by atoms with Crippen LogP contribution >= 0.6 is 11.8 Å². The number of thioether (sulfide) groups is 1. The van der Waals surface area contributed by atoms with Crippen molar-refractivity contribution in [2.45, 2.75) is 48.7 Å². The molecule has 2 aliphatic heterocycles. The Morgan fingerprint density at radius 3 is 3.06 bits per heavy atom. The van der Waals surface area contributed by atoms with Gasteiger partial charge in [-0.15, -0.1) is 0 Å². The number of ether oxygens (including phenoxy) is 1. The highest BCUT2D eigenvalue weighted by molar-refractivity contribution is 7.99. The molecule has 2 rings (SSSR count). The minimum absolute atomic E-state index is 0.00822. The monoisotopic (exact) mass is 292 g/mol. The highest BCUT2D eigenvalue weighted by atomic mass is 32.2. The fraction of sp³-hybridized carbons (Fsp3) is 0.917. The van der Waals surface area contributed by atoms with Crippen molar-refractivity contribution in [1.82, 2.24) is 0 Å². The van der Waals surface area contributed by atoms with Gasteiger partial charge in [0.25, 0.3) is 0 Å². The van der Waals surface area contributed by atoms with Crippen molar-refractivity contribution in [1.29, 1.82) is 0 Å². The van der Waals surface area contributed by atoms with Crippen molar-refractivity contribution in [3.8, 4) is 0 Å².